The van der Waals surface area contributed by atoms with Crippen LogP contribution < -0.4 is 5.32 Å². The number of hydrogen-bond acceptors (Lipinski definition) is 3. The summed E-state index contributed by atoms with van der Waals surface area (Å²) in [5.74, 6) is 5.11. The molecule has 1 heterocycles. The van der Waals surface area contributed by atoms with E-state index < -0.39 is 0 Å². The highest BCUT2D eigenvalue weighted by molar-refractivity contribution is 5.01. The van der Waals surface area contributed by atoms with Gasteiger partial charge in [-0.2, -0.15) is 5.10 Å². The van der Waals surface area contributed by atoms with Crippen LogP contribution in [0.4, 0.5) is 0 Å². The Hall–Kier alpha value is -1.34. The van der Waals surface area contributed by atoms with Gasteiger partial charge in [0.2, 0.25) is 0 Å². The van der Waals surface area contributed by atoms with Gasteiger partial charge >= 0.3 is 0 Å². The molecule has 0 unspecified atom stereocenters. The topological polar surface area (TPSA) is 42.7 Å². The Bertz CT molecular complexity index is 382. The van der Waals surface area contributed by atoms with Crippen LogP contribution in [0.25, 0.3) is 0 Å². The van der Waals surface area contributed by atoms with Crippen molar-refractivity contribution >= 4 is 0 Å². The van der Waals surface area contributed by atoms with E-state index in [0.29, 0.717) is 19.0 Å². The van der Waals surface area contributed by atoms with Crippen molar-refractivity contribution in [3.8, 4) is 12.3 Å². The minimum Gasteiger partial charge on any atom is -0.299 e. The molecule has 4 nitrogen and oxygen atoms in total. The smallest absolute Gasteiger partial charge is 0.154 e. The molecule has 1 aliphatic rings. The number of nitrogens with zero attached hydrogens (tertiary/aromatic N) is 3. The van der Waals surface area contributed by atoms with Gasteiger partial charge in [-0.1, -0.05) is 18.8 Å². The second-order valence-electron chi connectivity index (χ2n) is 4.30. The highest BCUT2D eigenvalue weighted by atomic mass is 15.3. The van der Waals surface area contributed by atoms with Crippen LogP contribution in [-0.4, -0.2) is 21.3 Å². The lowest BCUT2D eigenvalue weighted by Gasteiger charge is -2.00. The van der Waals surface area contributed by atoms with E-state index in [9.17, 15) is 0 Å². The third-order valence-corrected chi connectivity index (χ3v) is 3.10. The second-order valence-corrected chi connectivity index (χ2v) is 4.30. The van der Waals surface area contributed by atoms with Crippen LogP contribution in [0.3, 0.4) is 0 Å². The molecule has 1 saturated carbocycles. The summed E-state index contributed by atoms with van der Waals surface area (Å²) in [5, 5.41) is 7.62. The molecule has 0 saturated heterocycles. The predicted molar refractivity (Wildman–Crippen MR) is 62.8 cm³/mol. The lowest BCUT2D eigenvalue weighted by Crippen LogP contribution is -2.16. The Morgan fingerprint density at radius 3 is 2.94 bits per heavy atom. The molecular formula is C12H18N4. The van der Waals surface area contributed by atoms with Crippen LogP contribution in [0, 0.1) is 12.3 Å². The van der Waals surface area contributed by atoms with E-state index in [0.717, 1.165) is 11.6 Å². The summed E-state index contributed by atoms with van der Waals surface area (Å²) in [6, 6.07) is 0. The molecule has 0 atom stereocenters. The van der Waals surface area contributed by atoms with E-state index in [2.05, 4.69) is 21.3 Å². The zero-order valence-electron chi connectivity index (χ0n) is 9.74. The van der Waals surface area contributed by atoms with Crippen molar-refractivity contribution in [1.82, 2.24) is 20.1 Å². The van der Waals surface area contributed by atoms with E-state index in [1.165, 1.54) is 25.7 Å². The first-order chi connectivity index (χ1) is 7.81. The highest BCUT2D eigenvalue weighted by Crippen LogP contribution is 2.31. The lowest BCUT2D eigenvalue weighted by atomic mass is 10.1. The number of hydrogen-bond donors (Lipinski definition) is 1. The average Bonchev–Trinajstić information content (AvgIpc) is 2.88. The maximum absolute atomic E-state index is 5.18. The normalized spacial score (nSPS) is 16.5. The van der Waals surface area contributed by atoms with Gasteiger partial charge in [0, 0.05) is 13.0 Å². The van der Waals surface area contributed by atoms with Crippen molar-refractivity contribution in [3.05, 3.63) is 11.6 Å². The van der Waals surface area contributed by atoms with Crippen LogP contribution in [0.15, 0.2) is 0 Å². The Morgan fingerprint density at radius 1 is 1.50 bits per heavy atom. The fourth-order valence-electron chi connectivity index (χ4n) is 2.20. The fourth-order valence-corrected chi connectivity index (χ4v) is 2.20. The van der Waals surface area contributed by atoms with E-state index >= 15 is 0 Å². The molecule has 16 heavy (non-hydrogen) atoms. The zero-order chi connectivity index (χ0) is 11.4. The minimum atomic E-state index is 0.575. The van der Waals surface area contributed by atoms with Crippen molar-refractivity contribution in [2.24, 2.45) is 7.05 Å². The molecule has 1 N–H and O–H groups in total. The van der Waals surface area contributed by atoms with E-state index in [4.69, 9.17) is 6.42 Å². The van der Waals surface area contributed by atoms with Crippen molar-refractivity contribution in [2.45, 2.75) is 38.1 Å². The van der Waals surface area contributed by atoms with Crippen LogP contribution in [-0.2, 0) is 13.6 Å². The van der Waals surface area contributed by atoms with E-state index in [1.807, 2.05) is 11.7 Å². The highest BCUT2D eigenvalue weighted by Gasteiger charge is 2.21. The molecule has 0 aliphatic heterocycles. The van der Waals surface area contributed by atoms with Crippen LogP contribution in [0.1, 0.15) is 43.3 Å². The SMILES string of the molecule is C#CCNCc1nc(C2CCCC2)nn1C. The maximum atomic E-state index is 5.18. The van der Waals surface area contributed by atoms with Gasteiger partial charge in [0.15, 0.2) is 5.82 Å². The van der Waals surface area contributed by atoms with E-state index in [-0.39, 0.29) is 0 Å². The number of aryl methyl sites for hydroxylation is 1. The summed E-state index contributed by atoms with van der Waals surface area (Å²) >= 11 is 0. The fraction of sp³-hybridized carbons (Fsp3) is 0.667. The summed E-state index contributed by atoms with van der Waals surface area (Å²) in [5.41, 5.74) is 0. The molecule has 0 aromatic carbocycles. The van der Waals surface area contributed by atoms with Gasteiger partial charge < -0.3 is 0 Å². The molecule has 1 fully saturated rings. The number of nitrogens with one attached hydrogen (secondary N) is 1. The average molecular weight is 218 g/mol. The minimum absolute atomic E-state index is 0.575. The van der Waals surface area contributed by atoms with Crippen LogP contribution in [0.5, 0.6) is 0 Å². The Morgan fingerprint density at radius 2 is 2.25 bits per heavy atom. The molecule has 0 radical (unpaired) electrons. The maximum Gasteiger partial charge on any atom is 0.154 e. The molecule has 86 valence electrons. The molecule has 0 amide bonds. The van der Waals surface area contributed by atoms with Crippen molar-refractivity contribution in [3.63, 3.8) is 0 Å². The molecule has 1 aromatic rings. The van der Waals surface area contributed by atoms with Gasteiger partial charge in [-0.15, -0.1) is 6.42 Å². The van der Waals surface area contributed by atoms with Crippen molar-refractivity contribution in [2.75, 3.05) is 6.54 Å². The van der Waals surface area contributed by atoms with Gasteiger partial charge in [0.1, 0.15) is 5.82 Å². The summed E-state index contributed by atoms with van der Waals surface area (Å²) in [6.45, 7) is 1.27. The standard InChI is InChI=1S/C12H18N4/c1-3-8-13-9-11-14-12(15-16(11)2)10-6-4-5-7-10/h1,10,13H,4-9H2,2H3. The van der Waals surface area contributed by atoms with Gasteiger partial charge in [0.25, 0.3) is 0 Å². The summed E-state index contributed by atoms with van der Waals surface area (Å²) in [6.07, 6.45) is 10.3. The molecule has 1 aromatic heterocycles. The summed E-state index contributed by atoms with van der Waals surface area (Å²) in [7, 11) is 1.94. The molecular weight excluding hydrogens is 200 g/mol. The molecule has 0 spiro atoms. The second kappa shape index (κ2) is 5.13. The summed E-state index contributed by atoms with van der Waals surface area (Å²) in [4.78, 5) is 4.58. The molecule has 4 heteroatoms. The third-order valence-electron chi connectivity index (χ3n) is 3.10. The lowest BCUT2D eigenvalue weighted by molar-refractivity contribution is 0.629. The van der Waals surface area contributed by atoms with Gasteiger partial charge in [-0.05, 0) is 12.8 Å². The predicted octanol–water partition coefficient (Wildman–Crippen LogP) is 1.20. The first kappa shape index (κ1) is 11.2. The third kappa shape index (κ3) is 2.42. The summed E-state index contributed by atoms with van der Waals surface area (Å²) < 4.78 is 1.86. The number of aromatic nitrogens is 3. The quantitative estimate of drug-likeness (QED) is 0.610. The Balaban J connectivity index is 2.00. The molecule has 0 bridgehead atoms. The molecule has 2 rings (SSSR count). The van der Waals surface area contributed by atoms with Gasteiger partial charge in [-0.25, -0.2) is 4.98 Å². The van der Waals surface area contributed by atoms with Crippen molar-refractivity contribution < 1.29 is 0 Å². The first-order valence-corrected chi connectivity index (χ1v) is 5.85. The van der Waals surface area contributed by atoms with Gasteiger partial charge in [0.05, 0.1) is 13.1 Å². The van der Waals surface area contributed by atoms with Crippen LogP contribution >= 0.6 is 0 Å². The Kier molecular flexibility index (Phi) is 3.58. The zero-order valence-corrected chi connectivity index (χ0v) is 9.74. The van der Waals surface area contributed by atoms with E-state index in [1.54, 1.807) is 0 Å². The Labute approximate surface area is 96.5 Å². The van der Waals surface area contributed by atoms with Gasteiger partial charge in [-0.3, -0.25) is 10.00 Å². The van der Waals surface area contributed by atoms with Crippen LogP contribution in [0.2, 0.25) is 0 Å². The monoisotopic (exact) mass is 218 g/mol. The molecule has 1 aliphatic carbocycles. The first-order valence-electron chi connectivity index (χ1n) is 5.85. The number of terminal acetylenes is 1. The number of rotatable bonds is 4. The largest absolute Gasteiger partial charge is 0.299 e. The van der Waals surface area contributed by atoms with Crippen molar-refractivity contribution in [1.29, 1.82) is 0 Å².